The van der Waals surface area contributed by atoms with Crippen LogP contribution in [0.25, 0.3) is 0 Å². The number of rotatable bonds is 8. The molecule has 9 heteroatoms. The minimum absolute atomic E-state index is 0. The fraction of sp³-hybridized carbons (Fsp3) is 0.438. The predicted octanol–water partition coefficient (Wildman–Crippen LogP) is 1.32. The number of aliphatic imine (C=N–C) groups is 1. The lowest BCUT2D eigenvalue weighted by molar-refractivity contribution is 0.146. The van der Waals surface area contributed by atoms with Crippen LogP contribution in [0.5, 0.6) is 5.75 Å². The summed E-state index contributed by atoms with van der Waals surface area (Å²) in [6, 6.07) is 7.93. The largest absolute Gasteiger partial charge is 0.491 e. The average molecular weight is 460 g/mol. The lowest BCUT2D eigenvalue weighted by Gasteiger charge is -2.12. The van der Waals surface area contributed by atoms with Crippen molar-refractivity contribution in [1.29, 1.82) is 0 Å². The Kier molecular flexibility index (Phi) is 9.85. The molecule has 0 radical (unpaired) electrons. The Labute approximate surface area is 165 Å². The van der Waals surface area contributed by atoms with Gasteiger partial charge >= 0.3 is 0 Å². The lowest BCUT2D eigenvalue weighted by atomic mass is 10.2. The molecule has 0 aliphatic heterocycles. The number of methoxy groups -OCH3 is 1. The van der Waals surface area contributed by atoms with Crippen molar-refractivity contribution in [3.05, 3.63) is 42.0 Å². The number of aryl methyl sites for hydroxylation is 1. The third-order valence-corrected chi connectivity index (χ3v) is 3.36. The van der Waals surface area contributed by atoms with Crippen LogP contribution in [0.4, 0.5) is 0 Å². The molecule has 0 aliphatic rings. The first kappa shape index (κ1) is 21.2. The van der Waals surface area contributed by atoms with E-state index in [2.05, 4.69) is 25.7 Å². The molecule has 0 spiro atoms. The highest BCUT2D eigenvalue weighted by molar-refractivity contribution is 14.0. The topological polar surface area (TPSA) is 85.6 Å². The molecule has 1 aromatic carbocycles. The van der Waals surface area contributed by atoms with Gasteiger partial charge in [-0.2, -0.15) is 5.10 Å². The van der Waals surface area contributed by atoms with Crippen molar-refractivity contribution in [1.82, 2.24) is 25.4 Å². The van der Waals surface area contributed by atoms with Crippen LogP contribution in [-0.2, 0) is 24.9 Å². The van der Waals surface area contributed by atoms with Gasteiger partial charge in [0.15, 0.2) is 5.96 Å². The first-order valence-electron chi connectivity index (χ1n) is 7.71. The number of ether oxygens (including phenoxy) is 2. The second-order valence-electron chi connectivity index (χ2n) is 5.07. The summed E-state index contributed by atoms with van der Waals surface area (Å²) < 4.78 is 12.3. The van der Waals surface area contributed by atoms with Gasteiger partial charge in [-0.1, -0.05) is 12.1 Å². The lowest BCUT2D eigenvalue weighted by Crippen LogP contribution is -2.36. The summed E-state index contributed by atoms with van der Waals surface area (Å²) in [6.45, 7) is 2.30. The molecule has 25 heavy (non-hydrogen) atoms. The van der Waals surface area contributed by atoms with Crippen LogP contribution in [0.3, 0.4) is 0 Å². The number of hydrogen-bond acceptors (Lipinski definition) is 5. The molecule has 0 aliphatic carbocycles. The molecule has 138 valence electrons. The van der Waals surface area contributed by atoms with Crippen molar-refractivity contribution < 1.29 is 9.47 Å². The molecule has 0 saturated heterocycles. The summed E-state index contributed by atoms with van der Waals surface area (Å²) in [5.41, 5.74) is 1.10. The first-order valence-corrected chi connectivity index (χ1v) is 7.71. The van der Waals surface area contributed by atoms with E-state index < -0.39 is 0 Å². The molecule has 0 atom stereocenters. The molecular weight excluding hydrogens is 435 g/mol. The van der Waals surface area contributed by atoms with Gasteiger partial charge in [-0.15, -0.1) is 24.0 Å². The minimum atomic E-state index is 0. The number of guanidine groups is 1. The van der Waals surface area contributed by atoms with Crippen molar-refractivity contribution >= 4 is 29.9 Å². The minimum Gasteiger partial charge on any atom is -0.491 e. The van der Waals surface area contributed by atoms with Crippen LogP contribution < -0.4 is 15.4 Å². The highest BCUT2D eigenvalue weighted by atomic mass is 127. The normalized spacial score (nSPS) is 10.9. The van der Waals surface area contributed by atoms with Crippen molar-refractivity contribution in [2.75, 3.05) is 27.4 Å². The first-order chi connectivity index (χ1) is 11.7. The van der Waals surface area contributed by atoms with Crippen molar-refractivity contribution in [2.45, 2.75) is 13.1 Å². The van der Waals surface area contributed by atoms with Gasteiger partial charge in [0.2, 0.25) is 0 Å². The van der Waals surface area contributed by atoms with E-state index in [0.29, 0.717) is 32.3 Å². The Hall–Kier alpha value is -1.88. The van der Waals surface area contributed by atoms with Crippen LogP contribution in [0, 0.1) is 0 Å². The van der Waals surface area contributed by atoms with E-state index in [1.54, 1.807) is 18.8 Å². The van der Waals surface area contributed by atoms with E-state index in [0.717, 1.165) is 17.1 Å². The van der Waals surface area contributed by atoms with Crippen LogP contribution in [0.1, 0.15) is 11.4 Å². The third kappa shape index (κ3) is 7.26. The fourth-order valence-electron chi connectivity index (χ4n) is 2.04. The second kappa shape index (κ2) is 11.6. The standard InChI is InChI=1S/C16H24N6O2.HI/c1-17-16(19-11-15-20-12-21-22(15)2)18-10-13-5-4-6-14(9-13)24-8-7-23-3;/h4-6,9,12H,7-8,10-11H2,1-3H3,(H2,17,18,19);1H. The Morgan fingerprint density at radius 2 is 2.04 bits per heavy atom. The Morgan fingerprint density at radius 3 is 2.72 bits per heavy atom. The highest BCUT2D eigenvalue weighted by Gasteiger charge is 2.03. The molecule has 1 heterocycles. The summed E-state index contributed by atoms with van der Waals surface area (Å²) in [4.78, 5) is 8.37. The number of halogens is 1. The Balaban J connectivity index is 0.00000312. The quantitative estimate of drug-likeness (QED) is 0.268. The summed E-state index contributed by atoms with van der Waals surface area (Å²) in [7, 11) is 5.24. The van der Waals surface area contributed by atoms with E-state index in [1.165, 1.54) is 6.33 Å². The molecule has 0 saturated carbocycles. The van der Waals surface area contributed by atoms with Gasteiger partial charge in [0.05, 0.1) is 13.2 Å². The van der Waals surface area contributed by atoms with Crippen molar-refractivity contribution in [3.63, 3.8) is 0 Å². The molecular formula is C16H25IN6O2. The predicted molar refractivity (Wildman–Crippen MR) is 107 cm³/mol. The Bertz CT molecular complexity index is 662. The molecule has 0 fully saturated rings. The SMILES string of the molecule is CN=C(NCc1cccc(OCCOC)c1)NCc1ncnn1C.I. The summed E-state index contributed by atoms with van der Waals surface area (Å²) >= 11 is 0. The van der Waals surface area contributed by atoms with Crippen molar-refractivity contribution in [3.8, 4) is 5.75 Å². The van der Waals surface area contributed by atoms with E-state index in [1.807, 2.05) is 31.3 Å². The zero-order chi connectivity index (χ0) is 17.2. The number of benzene rings is 1. The zero-order valence-electron chi connectivity index (χ0n) is 14.7. The van der Waals surface area contributed by atoms with E-state index in [9.17, 15) is 0 Å². The van der Waals surface area contributed by atoms with E-state index in [4.69, 9.17) is 9.47 Å². The van der Waals surface area contributed by atoms with Gasteiger partial charge in [-0.05, 0) is 17.7 Å². The molecule has 2 aromatic rings. The van der Waals surface area contributed by atoms with Crippen molar-refractivity contribution in [2.24, 2.45) is 12.0 Å². The maximum absolute atomic E-state index is 5.61. The third-order valence-electron chi connectivity index (χ3n) is 3.36. The molecule has 0 bridgehead atoms. The van der Waals surface area contributed by atoms with Crippen LogP contribution in [0.15, 0.2) is 35.6 Å². The second-order valence-corrected chi connectivity index (χ2v) is 5.07. The zero-order valence-corrected chi connectivity index (χ0v) is 17.1. The number of nitrogens with zero attached hydrogens (tertiary/aromatic N) is 4. The molecule has 1 aromatic heterocycles. The summed E-state index contributed by atoms with van der Waals surface area (Å²) in [5.74, 6) is 2.36. The maximum atomic E-state index is 5.61. The van der Waals surface area contributed by atoms with Gasteiger partial charge in [-0.25, -0.2) is 4.98 Å². The molecule has 8 nitrogen and oxygen atoms in total. The van der Waals surface area contributed by atoms with Gasteiger partial charge in [0.1, 0.15) is 24.5 Å². The van der Waals surface area contributed by atoms with Crippen LogP contribution in [-0.4, -0.2) is 48.1 Å². The molecule has 2 N–H and O–H groups in total. The van der Waals surface area contributed by atoms with Gasteiger partial charge in [0.25, 0.3) is 0 Å². The van der Waals surface area contributed by atoms with Gasteiger partial charge < -0.3 is 20.1 Å². The monoisotopic (exact) mass is 460 g/mol. The number of hydrogen-bond donors (Lipinski definition) is 2. The number of aromatic nitrogens is 3. The molecule has 2 rings (SSSR count). The van der Waals surface area contributed by atoms with Gasteiger partial charge in [0, 0.05) is 27.7 Å². The average Bonchev–Trinajstić information content (AvgIpc) is 3.01. The van der Waals surface area contributed by atoms with Crippen LogP contribution >= 0.6 is 24.0 Å². The molecule has 0 amide bonds. The van der Waals surface area contributed by atoms with E-state index in [-0.39, 0.29) is 24.0 Å². The summed E-state index contributed by atoms with van der Waals surface area (Å²) in [6.07, 6.45) is 1.53. The highest BCUT2D eigenvalue weighted by Crippen LogP contribution is 2.13. The summed E-state index contributed by atoms with van der Waals surface area (Å²) in [5, 5.41) is 10.5. The van der Waals surface area contributed by atoms with Crippen LogP contribution in [0.2, 0.25) is 0 Å². The van der Waals surface area contributed by atoms with Gasteiger partial charge in [-0.3, -0.25) is 9.67 Å². The molecule has 0 unspecified atom stereocenters. The smallest absolute Gasteiger partial charge is 0.191 e. The van der Waals surface area contributed by atoms with E-state index >= 15 is 0 Å². The maximum Gasteiger partial charge on any atom is 0.191 e. The number of nitrogens with one attached hydrogen (secondary N) is 2. The Morgan fingerprint density at radius 1 is 1.24 bits per heavy atom. The fourth-order valence-corrected chi connectivity index (χ4v) is 2.04.